The van der Waals surface area contributed by atoms with Crippen molar-refractivity contribution in [3.8, 4) is 0 Å². The lowest BCUT2D eigenvalue weighted by Crippen LogP contribution is -2.08. The predicted octanol–water partition coefficient (Wildman–Crippen LogP) is 3.93. The van der Waals surface area contributed by atoms with Crippen LogP contribution in [0.4, 0.5) is 0 Å². The van der Waals surface area contributed by atoms with Crippen molar-refractivity contribution >= 4 is 35.3 Å². The van der Waals surface area contributed by atoms with E-state index in [1.807, 2.05) is 35.3 Å². The number of hydrogen-bond donors (Lipinski definition) is 1. The first kappa shape index (κ1) is 13.7. The van der Waals surface area contributed by atoms with Crippen molar-refractivity contribution in [3.05, 3.63) is 17.7 Å². The minimum atomic E-state index is 0.711. The molecule has 0 saturated carbocycles. The van der Waals surface area contributed by atoms with Gasteiger partial charge in [-0.15, -0.1) is 35.3 Å². The molecule has 1 N–H and O–H groups in total. The average molecular weight is 286 g/mol. The molecule has 0 spiro atoms. The molecule has 0 radical (unpaired) electrons. The van der Waals surface area contributed by atoms with Crippen LogP contribution in [0.3, 0.4) is 0 Å². The lowest BCUT2D eigenvalue weighted by molar-refractivity contribution is 0.754. The normalized spacial score (nSPS) is 19.8. The van der Waals surface area contributed by atoms with E-state index in [9.17, 15) is 0 Å². The van der Waals surface area contributed by atoms with Crippen molar-refractivity contribution in [3.63, 3.8) is 0 Å². The van der Waals surface area contributed by atoms with E-state index in [1.54, 1.807) is 0 Å². The summed E-state index contributed by atoms with van der Waals surface area (Å²) >= 11 is 5.60. The van der Waals surface area contributed by atoms with Crippen molar-refractivity contribution in [2.45, 2.75) is 27.0 Å². The molecular weight excluding hydrogens is 266 g/mol. The predicted molar refractivity (Wildman–Crippen MR) is 82.0 cm³/mol. The molecule has 0 bridgehead atoms. The van der Waals surface area contributed by atoms with E-state index in [0.717, 1.165) is 13.1 Å². The van der Waals surface area contributed by atoms with Crippen molar-refractivity contribution in [1.29, 1.82) is 0 Å². The zero-order chi connectivity index (χ0) is 12.3. The van der Waals surface area contributed by atoms with Gasteiger partial charge in [0.1, 0.15) is 0 Å². The van der Waals surface area contributed by atoms with Gasteiger partial charge in [0.15, 0.2) is 0 Å². The summed E-state index contributed by atoms with van der Waals surface area (Å²) in [5.74, 6) is 0.711. The van der Waals surface area contributed by atoms with Crippen molar-refractivity contribution < 1.29 is 0 Å². The van der Waals surface area contributed by atoms with E-state index in [2.05, 4.69) is 36.2 Å². The maximum atomic E-state index is 3.46. The van der Waals surface area contributed by atoms with E-state index in [-0.39, 0.29) is 0 Å². The molecular formula is C13H19NS3. The summed E-state index contributed by atoms with van der Waals surface area (Å²) in [6.07, 6.45) is 7.80. The van der Waals surface area contributed by atoms with Crippen LogP contribution in [0.5, 0.6) is 0 Å². The summed E-state index contributed by atoms with van der Waals surface area (Å²) in [7, 11) is 0. The molecule has 0 aromatic heterocycles. The van der Waals surface area contributed by atoms with Crippen LogP contribution in [0, 0.1) is 0 Å². The number of benzene rings is 1. The highest BCUT2D eigenvalue weighted by atomic mass is 32.2. The highest BCUT2D eigenvalue weighted by molar-refractivity contribution is 8.03. The molecule has 4 heteroatoms. The van der Waals surface area contributed by atoms with Gasteiger partial charge in [0.05, 0.1) is 0 Å². The largest absolute Gasteiger partial charge is 0.316 e. The van der Waals surface area contributed by atoms with Gasteiger partial charge in [-0.2, -0.15) is 0 Å². The second kappa shape index (κ2) is 6.41. The number of hydrogen-bond acceptors (Lipinski definition) is 4. The summed E-state index contributed by atoms with van der Waals surface area (Å²) in [5.41, 5.74) is 1.52. The standard InChI is InChI=1S/C13H19NS3/c1-15-11-6-10(9-4-5-14-8-9)7-12(16-2)13(11)17-3/h6-7,9,14H,4-5,8H2,1-3H3. The average Bonchev–Trinajstić information content (AvgIpc) is 2.90. The Kier molecular flexibility index (Phi) is 5.15. The minimum Gasteiger partial charge on any atom is -0.316 e. The van der Waals surface area contributed by atoms with Gasteiger partial charge in [-0.3, -0.25) is 0 Å². The molecule has 1 aromatic carbocycles. The molecule has 1 atom stereocenters. The molecule has 2 rings (SSSR count). The summed E-state index contributed by atoms with van der Waals surface area (Å²) < 4.78 is 0. The molecule has 1 nitrogen and oxygen atoms in total. The fourth-order valence-electron chi connectivity index (χ4n) is 2.28. The quantitative estimate of drug-likeness (QED) is 0.841. The summed E-state index contributed by atoms with van der Waals surface area (Å²) in [6, 6.07) is 4.79. The Morgan fingerprint density at radius 1 is 1.06 bits per heavy atom. The maximum absolute atomic E-state index is 3.46. The number of thioether (sulfide) groups is 3. The fraction of sp³-hybridized carbons (Fsp3) is 0.538. The van der Waals surface area contributed by atoms with Crippen LogP contribution in [-0.4, -0.2) is 31.9 Å². The van der Waals surface area contributed by atoms with Crippen molar-refractivity contribution in [1.82, 2.24) is 5.32 Å². The van der Waals surface area contributed by atoms with E-state index in [4.69, 9.17) is 0 Å². The zero-order valence-corrected chi connectivity index (χ0v) is 13.0. The Balaban J connectivity index is 2.40. The molecule has 1 fully saturated rings. The molecule has 1 saturated heterocycles. The number of rotatable bonds is 4. The van der Waals surface area contributed by atoms with Crippen LogP contribution in [0.1, 0.15) is 17.9 Å². The van der Waals surface area contributed by atoms with Gasteiger partial charge in [-0.05, 0) is 55.3 Å². The van der Waals surface area contributed by atoms with Gasteiger partial charge in [-0.1, -0.05) is 0 Å². The van der Waals surface area contributed by atoms with Gasteiger partial charge in [0.2, 0.25) is 0 Å². The van der Waals surface area contributed by atoms with Gasteiger partial charge < -0.3 is 5.32 Å². The van der Waals surface area contributed by atoms with Crippen LogP contribution in [-0.2, 0) is 0 Å². The van der Waals surface area contributed by atoms with Gasteiger partial charge >= 0.3 is 0 Å². The molecule has 1 heterocycles. The first-order valence-corrected chi connectivity index (χ1v) is 9.48. The molecule has 1 aliphatic heterocycles. The topological polar surface area (TPSA) is 12.0 Å². The lowest BCUT2D eigenvalue weighted by Gasteiger charge is -2.16. The third-order valence-corrected chi connectivity index (χ3v) is 5.85. The molecule has 17 heavy (non-hydrogen) atoms. The number of nitrogens with one attached hydrogen (secondary N) is 1. The fourth-order valence-corrected chi connectivity index (χ4v) is 4.96. The van der Waals surface area contributed by atoms with Crippen molar-refractivity contribution in [2.75, 3.05) is 31.9 Å². The molecule has 0 aliphatic carbocycles. The monoisotopic (exact) mass is 285 g/mol. The lowest BCUT2D eigenvalue weighted by atomic mass is 9.99. The molecule has 1 aliphatic rings. The Labute approximate surface area is 117 Å². The Hall–Kier alpha value is 0.230. The van der Waals surface area contributed by atoms with E-state index < -0.39 is 0 Å². The van der Waals surface area contributed by atoms with Crippen LogP contribution < -0.4 is 5.32 Å². The summed E-state index contributed by atoms with van der Waals surface area (Å²) in [5, 5.41) is 3.46. The van der Waals surface area contributed by atoms with Crippen LogP contribution >= 0.6 is 35.3 Å². The molecule has 0 amide bonds. The van der Waals surface area contributed by atoms with E-state index >= 15 is 0 Å². The second-order valence-corrected chi connectivity index (χ2v) is 6.66. The second-order valence-electron chi connectivity index (χ2n) is 4.15. The molecule has 94 valence electrons. The summed E-state index contributed by atoms with van der Waals surface area (Å²) in [6.45, 7) is 2.30. The maximum Gasteiger partial charge on any atom is 0.0341 e. The SMILES string of the molecule is CSc1cc(C2CCNC2)cc(SC)c1SC. The van der Waals surface area contributed by atoms with Crippen molar-refractivity contribution in [2.24, 2.45) is 0 Å². The van der Waals surface area contributed by atoms with Gasteiger partial charge in [-0.25, -0.2) is 0 Å². The van der Waals surface area contributed by atoms with Crippen LogP contribution in [0.2, 0.25) is 0 Å². The van der Waals surface area contributed by atoms with Crippen LogP contribution in [0.15, 0.2) is 26.8 Å². The summed E-state index contributed by atoms with van der Waals surface area (Å²) in [4.78, 5) is 4.32. The van der Waals surface area contributed by atoms with E-state index in [0.29, 0.717) is 5.92 Å². The smallest absolute Gasteiger partial charge is 0.0341 e. The Morgan fingerprint density at radius 3 is 2.12 bits per heavy atom. The van der Waals surface area contributed by atoms with E-state index in [1.165, 1.54) is 26.7 Å². The third kappa shape index (κ3) is 2.98. The highest BCUT2D eigenvalue weighted by Crippen LogP contribution is 2.39. The highest BCUT2D eigenvalue weighted by Gasteiger charge is 2.19. The zero-order valence-electron chi connectivity index (χ0n) is 10.6. The molecule has 1 unspecified atom stereocenters. The molecule has 1 aromatic rings. The first-order valence-electron chi connectivity index (χ1n) is 5.80. The van der Waals surface area contributed by atoms with Gasteiger partial charge in [0.25, 0.3) is 0 Å². The Bertz CT molecular complexity index is 361. The Morgan fingerprint density at radius 2 is 1.71 bits per heavy atom. The third-order valence-electron chi connectivity index (χ3n) is 3.22. The first-order chi connectivity index (χ1) is 8.30. The van der Waals surface area contributed by atoms with Crippen LogP contribution in [0.25, 0.3) is 0 Å². The minimum absolute atomic E-state index is 0.711. The van der Waals surface area contributed by atoms with Gasteiger partial charge in [0, 0.05) is 21.2 Å².